The number of halogens is 1. The van der Waals surface area contributed by atoms with Gasteiger partial charge in [-0.1, -0.05) is 56.6 Å². The SMILES string of the molecule is CC.CCc1ccc(Br)cc1CC(=O)C(C)C. The van der Waals surface area contributed by atoms with Gasteiger partial charge in [-0.15, -0.1) is 0 Å². The Morgan fingerprint density at radius 3 is 2.29 bits per heavy atom. The molecule has 17 heavy (non-hydrogen) atoms. The Labute approximate surface area is 114 Å². The summed E-state index contributed by atoms with van der Waals surface area (Å²) >= 11 is 3.44. The van der Waals surface area contributed by atoms with Crippen LogP contribution in [0.4, 0.5) is 0 Å². The van der Waals surface area contributed by atoms with Gasteiger partial charge in [0.15, 0.2) is 0 Å². The smallest absolute Gasteiger partial charge is 0.139 e. The second-order valence-corrected chi connectivity index (χ2v) is 4.98. The van der Waals surface area contributed by atoms with E-state index in [9.17, 15) is 4.79 Å². The summed E-state index contributed by atoms with van der Waals surface area (Å²) in [6.45, 7) is 10.0. The maximum atomic E-state index is 11.7. The van der Waals surface area contributed by atoms with Crippen LogP contribution < -0.4 is 0 Å². The van der Waals surface area contributed by atoms with Gasteiger partial charge in [0.05, 0.1) is 0 Å². The number of carbonyl (C=O) groups is 1. The van der Waals surface area contributed by atoms with E-state index in [2.05, 4.69) is 35.0 Å². The van der Waals surface area contributed by atoms with Crippen molar-refractivity contribution in [2.24, 2.45) is 5.92 Å². The van der Waals surface area contributed by atoms with Gasteiger partial charge in [-0.2, -0.15) is 0 Å². The highest BCUT2D eigenvalue weighted by molar-refractivity contribution is 9.10. The van der Waals surface area contributed by atoms with Crippen LogP contribution in [0.15, 0.2) is 22.7 Å². The van der Waals surface area contributed by atoms with Crippen molar-refractivity contribution < 1.29 is 4.79 Å². The summed E-state index contributed by atoms with van der Waals surface area (Å²) in [5, 5.41) is 0. The predicted molar refractivity (Wildman–Crippen MR) is 78.4 cm³/mol. The van der Waals surface area contributed by atoms with Crippen molar-refractivity contribution >= 4 is 21.7 Å². The van der Waals surface area contributed by atoms with Crippen molar-refractivity contribution in [3.8, 4) is 0 Å². The van der Waals surface area contributed by atoms with Gasteiger partial charge in [0.25, 0.3) is 0 Å². The molecule has 0 atom stereocenters. The normalized spacial score (nSPS) is 9.82. The molecule has 0 fully saturated rings. The van der Waals surface area contributed by atoms with E-state index in [1.807, 2.05) is 33.8 Å². The predicted octanol–water partition coefficient (Wildman–Crippen LogP) is 4.81. The van der Waals surface area contributed by atoms with Crippen molar-refractivity contribution in [1.82, 2.24) is 0 Å². The third kappa shape index (κ3) is 5.49. The first-order valence-corrected chi connectivity index (χ1v) is 7.14. The van der Waals surface area contributed by atoms with Crippen molar-refractivity contribution in [3.05, 3.63) is 33.8 Å². The van der Waals surface area contributed by atoms with Crippen LogP contribution in [-0.4, -0.2) is 5.78 Å². The number of aryl methyl sites for hydroxylation is 1. The fraction of sp³-hybridized carbons (Fsp3) is 0.533. The van der Waals surface area contributed by atoms with Crippen molar-refractivity contribution in [2.45, 2.75) is 47.5 Å². The molecule has 0 amide bonds. The lowest BCUT2D eigenvalue weighted by atomic mass is 9.96. The van der Waals surface area contributed by atoms with Crippen LogP contribution in [-0.2, 0) is 17.6 Å². The lowest BCUT2D eigenvalue weighted by molar-refractivity contribution is -0.121. The molecule has 2 heteroatoms. The number of benzene rings is 1. The molecule has 96 valence electrons. The van der Waals surface area contributed by atoms with E-state index in [4.69, 9.17) is 0 Å². The highest BCUT2D eigenvalue weighted by Crippen LogP contribution is 2.19. The minimum Gasteiger partial charge on any atom is -0.299 e. The summed E-state index contributed by atoms with van der Waals surface area (Å²) in [6.07, 6.45) is 1.54. The molecule has 0 saturated carbocycles. The first-order chi connectivity index (χ1) is 8.04. The molecule has 0 unspecified atom stereocenters. The Morgan fingerprint density at radius 1 is 1.24 bits per heavy atom. The molecule has 0 bridgehead atoms. The van der Waals surface area contributed by atoms with Crippen LogP contribution in [0, 0.1) is 5.92 Å². The molecule has 1 aromatic rings. The summed E-state index contributed by atoms with van der Waals surface area (Å²) in [6, 6.07) is 6.17. The van der Waals surface area contributed by atoms with Crippen molar-refractivity contribution in [1.29, 1.82) is 0 Å². The first-order valence-electron chi connectivity index (χ1n) is 6.34. The van der Waals surface area contributed by atoms with Crippen LogP contribution in [0.25, 0.3) is 0 Å². The van der Waals surface area contributed by atoms with Gasteiger partial charge in [-0.3, -0.25) is 4.79 Å². The Balaban J connectivity index is 0.00000121. The summed E-state index contributed by atoms with van der Waals surface area (Å²) in [5.74, 6) is 0.427. The van der Waals surface area contributed by atoms with Crippen molar-refractivity contribution in [2.75, 3.05) is 0 Å². The molecule has 0 heterocycles. The van der Waals surface area contributed by atoms with E-state index >= 15 is 0 Å². The molecule has 0 spiro atoms. The van der Waals surface area contributed by atoms with E-state index in [0.717, 1.165) is 16.5 Å². The second kappa shape index (κ2) is 8.46. The Kier molecular flexibility index (Phi) is 8.15. The zero-order chi connectivity index (χ0) is 13.4. The van der Waals surface area contributed by atoms with E-state index in [1.165, 1.54) is 5.56 Å². The van der Waals surface area contributed by atoms with Crippen LogP contribution >= 0.6 is 15.9 Å². The van der Waals surface area contributed by atoms with E-state index in [-0.39, 0.29) is 5.92 Å². The minimum atomic E-state index is 0.119. The number of hydrogen-bond donors (Lipinski definition) is 0. The van der Waals surface area contributed by atoms with E-state index in [1.54, 1.807) is 0 Å². The summed E-state index contributed by atoms with van der Waals surface area (Å²) in [5.41, 5.74) is 2.43. The maximum absolute atomic E-state index is 11.7. The zero-order valence-electron chi connectivity index (χ0n) is 11.5. The van der Waals surface area contributed by atoms with Crippen LogP contribution in [0.5, 0.6) is 0 Å². The molecule has 0 radical (unpaired) electrons. The fourth-order valence-electron chi connectivity index (χ4n) is 1.50. The standard InChI is InChI=1S/C13H17BrO.C2H6/c1-4-10-5-6-12(14)7-11(10)8-13(15)9(2)3;1-2/h5-7,9H,4,8H2,1-3H3;1-2H3. The minimum absolute atomic E-state index is 0.119. The molecular weight excluding hydrogens is 276 g/mol. The van der Waals surface area contributed by atoms with Gasteiger partial charge in [0.2, 0.25) is 0 Å². The molecule has 0 aliphatic heterocycles. The number of rotatable bonds is 4. The molecule has 1 aromatic carbocycles. The van der Waals surface area contributed by atoms with E-state index < -0.39 is 0 Å². The summed E-state index contributed by atoms with van der Waals surface area (Å²) in [4.78, 5) is 11.7. The molecule has 0 saturated heterocycles. The number of hydrogen-bond acceptors (Lipinski definition) is 1. The monoisotopic (exact) mass is 298 g/mol. The number of ketones is 1. The van der Waals surface area contributed by atoms with Crippen LogP contribution in [0.3, 0.4) is 0 Å². The third-order valence-corrected chi connectivity index (χ3v) is 3.05. The molecule has 0 aromatic heterocycles. The Morgan fingerprint density at radius 2 is 1.82 bits per heavy atom. The molecule has 0 aliphatic carbocycles. The van der Waals surface area contributed by atoms with Gasteiger partial charge in [0, 0.05) is 16.8 Å². The van der Waals surface area contributed by atoms with Gasteiger partial charge < -0.3 is 0 Å². The largest absolute Gasteiger partial charge is 0.299 e. The zero-order valence-corrected chi connectivity index (χ0v) is 13.1. The van der Waals surface area contributed by atoms with Gasteiger partial charge in [-0.25, -0.2) is 0 Å². The maximum Gasteiger partial charge on any atom is 0.139 e. The van der Waals surface area contributed by atoms with Crippen LogP contribution in [0.1, 0.15) is 45.7 Å². The molecular formula is C15H23BrO. The van der Waals surface area contributed by atoms with Crippen LogP contribution in [0.2, 0.25) is 0 Å². The van der Waals surface area contributed by atoms with E-state index in [0.29, 0.717) is 12.2 Å². The third-order valence-electron chi connectivity index (χ3n) is 2.56. The van der Waals surface area contributed by atoms with Gasteiger partial charge in [-0.05, 0) is 29.7 Å². The number of Topliss-reactive ketones (excluding diaryl/α,β-unsaturated/α-hetero) is 1. The quantitative estimate of drug-likeness (QED) is 0.780. The van der Waals surface area contributed by atoms with Gasteiger partial charge >= 0.3 is 0 Å². The number of carbonyl (C=O) groups excluding carboxylic acids is 1. The molecule has 1 rings (SSSR count). The van der Waals surface area contributed by atoms with Crippen molar-refractivity contribution in [3.63, 3.8) is 0 Å². The summed E-state index contributed by atoms with van der Waals surface area (Å²) in [7, 11) is 0. The van der Waals surface area contributed by atoms with Gasteiger partial charge in [0.1, 0.15) is 5.78 Å². The second-order valence-electron chi connectivity index (χ2n) is 4.06. The topological polar surface area (TPSA) is 17.1 Å². The molecule has 1 nitrogen and oxygen atoms in total. The molecule has 0 N–H and O–H groups in total. The molecule has 0 aliphatic rings. The highest BCUT2D eigenvalue weighted by Gasteiger charge is 2.10. The Bertz CT molecular complexity index is 356. The summed E-state index contributed by atoms with van der Waals surface area (Å²) < 4.78 is 1.05. The lowest BCUT2D eigenvalue weighted by Gasteiger charge is -2.09. The Hall–Kier alpha value is -0.630. The average molecular weight is 299 g/mol. The highest BCUT2D eigenvalue weighted by atomic mass is 79.9. The lowest BCUT2D eigenvalue weighted by Crippen LogP contribution is -2.11. The fourth-order valence-corrected chi connectivity index (χ4v) is 1.90. The average Bonchev–Trinajstić information content (AvgIpc) is 2.32. The first kappa shape index (κ1) is 16.4.